The summed E-state index contributed by atoms with van der Waals surface area (Å²) in [6.07, 6.45) is 0. The van der Waals surface area contributed by atoms with Gasteiger partial charge in [-0.25, -0.2) is 0 Å². The van der Waals surface area contributed by atoms with Crippen molar-refractivity contribution in [1.82, 2.24) is 4.90 Å². The summed E-state index contributed by atoms with van der Waals surface area (Å²) in [6, 6.07) is 2.12. The highest BCUT2D eigenvalue weighted by atomic mass is 35.5. The van der Waals surface area contributed by atoms with Gasteiger partial charge in [-0.15, -0.1) is 0 Å². The molecule has 0 aromatic heterocycles. The zero-order valence-electron chi connectivity index (χ0n) is 8.99. The molecule has 0 aliphatic heterocycles. The number of carbonyl (C=O) groups is 1. The molecule has 1 atom stereocenters. The van der Waals surface area contributed by atoms with E-state index >= 15 is 0 Å². The van der Waals surface area contributed by atoms with Crippen LogP contribution >= 0.6 is 11.6 Å². The van der Waals surface area contributed by atoms with Crippen LogP contribution in [-0.2, 0) is 9.53 Å². The van der Waals surface area contributed by atoms with Gasteiger partial charge in [0.2, 0.25) is 5.24 Å². The maximum absolute atomic E-state index is 10.6. The molecule has 5 heteroatoms. The minimum atomic E-state index is -0.601. The van der Waals surface area contributed by atoms with Crippen molar-refractivity contribution in [1.29, 1.82) is 5.26 Å². The number of hydrogen-bond donors (Lipinski definition) is 0. The molecule has 0 amide bonds. The molecule has 0 bridgehead atoms. The monoisotopic (exact) mass is 230 g/mol. The van der Waals surface area contributed by atoms with E-state index in [-0.39, 0.29) is 24.7 Å². The number of nitrogens with zero attached hydrogens (tertiary/aromatic N) is 2. The van der Waals surface area contributed by atoms with Crippen molar-refractivity contribution < 1.29 is 9.53 Å². The molecule has 0 spiro atoms. The molecule has 15 heavy (non-hydrogen) atoms. The molecule has 0 aromatic carbocycles. The Kier molecular flexibility index (Phi) is 6.97. The third kappa shape index (κ3) is 7.09. The zero-order valence-corrected chi connectivity index (χ0v) is 9.75. The number of rotatable bonds is 7. The lowest BCUT2D eigenvalue weighted by Crippen LogP contribution is -2.24. The Labute approximate surface area is 95.1 Å². The Balaban J connectivity index is 3.79. The molecular formula is C10H15ClN2O2. The minimum absolute atomic E-state index is 0.0773. The lowest BCUT2D eigenvalue weighted by molar-refractivity contribution is -0.109. The van der Waals surface area contributed by atoms with Crippen molar-refractivity contribution >= 4 is 16.8 Å². The van der Waals surface area contributed by atoms with Gasteiger partial charge in [-0.05, 0) is 25.7 Å². The maximum atomic E-state index is 10.6. The molecule has 0 heterocycles. The van der Waals surface area contributed by atoms with Crippen LogP contribution in [0.2, 0.25) is 0 Å². The van der Waals surface area contributed by atoms with E-state index in [4.69, 9.17) is 21.6 Å². The fourth-order valence-corrected chi connectivity index (χ4v) is 1.01. The number of halogens is 1. The minimum Gasteiger partial charge on any atom is -0.375 e. The van der Waals surface area contributed by atoms with Crippen molar-refractivity contribution in [3.63, 3.8) is 0 Å². The van der Waals surface area contributed by atoms with Gasteiger partial charge in [0, 0.05) is 12.1 Å². The second kappa shape index (κ2) is 7.41. The maximum Gasteiger partial charge on any atom is 0.250 e. The van der Waals surface area contributed by atoms with Crippen LogP contribution in [0, 0.1) is 17.2 Å². The molecule has 0 fully saturated rings. The third-order valence-electron chi connectivity index (χ3n) is 1.64. The molecule has 4 nitrogen and oxygen atoms in total. The van der Waals surface area contributed by atoms with Crippen molar-refractivity contribution in [2.75, 3.05) is 33.9 Å². The van der Waals surface area contributed by atoms with Gasteiger partial charge in [-0.3, -0.25) is 4.79 Å². The topological polar surface area (TPSA) is 53.3 Å². The van der Waals surface area contributed by atoms with Crippen LogP contribution in [0.15, 0.2) is 12.2 Å². The van der Waals surface area contributed by atoms with E-state index in [0.717, 1.165) is 0 Å². The van der Waals surface area contributed by atoms with E-state index in [0.29, 0.717) is 6.54 Å². The highest BCUT2D eigenvalue weighted by Crippen LogP contribution is 2.02. The van der Waals surface area contributed by atoms with Crippen LogP contribution in [0.25, 0.3) is 0 Å². The van der Waals surface area contributed by atoms with Crippen LogP contribution in [0.3, 0.4) is 0 Å². The standard InChI is InChI=1S/C10H15ClN2O2/c1-8(10(11)14)6-15-7-9(4-12)5-13(2)3/h9H,1,5-7H2,2-3H3. The first-order valence-electron chi connectivity index (χ1n) is 4.47. The number of nitriles is 1. The molecule has 1 unspecified atom stereocenters. The Hall–Kier alpha value is -0.890. The van der Waals surface area contributed by atoms with Crippen LogP contribution in [0.1, 0.15) is 0 Å². The normalized spacial score (nSPS) is 12.2. The Morgan fingerprint density at radius 2 is 2.27 bits per heavy atom. The molecule has 0 rings (SSSR count). The summed E-state index contributed by atoms with van der Waals surface area (Å²) < 4.78 is 5.16. The molecule has 0 N–H and O–H groups in total. The smallest absolute Gasteiger partial charge is 0.250 e. The summed E-state index contributed by atoms with van der Waals surface area (Å²) in [4.78, 5) is 12.5. The van der Waals surface area contributed by atoms with Crippen molar-refractivity contribution in [2.24, 2.45) is 5.92 Å². The van der Waals surface area contributed by atoms with E-state index < -0.39 is 5.24 Å². The second-order valence-corrected chi connectivity index (χ2v) is 3.82. The fraction of sp³-hybridized carbons (Fsp3) is 0.600. The average molecular weight is 231 g/mol. The van der Waals surface area contributed by atoms with E-state index in [1.54, 1.807) is 0 Å². The molecule has 0 aliphatic rings. The van der Waals surface area contributed by atoms with Crippen molar-refractivity contribution in [2.45, 2.75) is 0 Å². The number of ether oxygens (including phenoxy) is 1. The summed E-state index contributed by atoms with van der Waals surface area (Å²) in [7, 11) is 3.76. The van der Waals surface area contributed by atoms with Crippen LogP contribution in [-0.4, -0.2) is 44.0 Å². The van der Waals surface area contributed by atoms with Crippen LogP contribution < -0.4 is 0 Å². The summed E-state index contributed by atoms with van der Waals surface area (Å²) >= 11 is 5.17. The molecule has 0 aromatic rings. The van der Waals surface area contributed by atoms with Gasteiger partial charge in [0.05, 0.1) is 25.2 Å². The summed E-state index contributed by atoms with van der Waals surface area (Å²) in [5, 5.41) is 8.18. The summed E-state index contributed by atoms with van der Waals surface area (Å²) in [5.74, 6) is -0.210. The van der Waals surface area contributed by atoms with Gasteiger partial charge < -0.3 is 9.64 Å². The van der Waals surface area contributed by atoms with E-state index in [1.807, 2.05) is 19.0 Å². The fourth-order valence-electron chi connectivity index (χ4n) is 0.953. The molecule has 0 saturated carbocycles. The van der Waals surface area contributed by atoms with Crippen molar-refractivity contribution in [3.05, 3.63) is 12.2 Å². The first-order valence-corrected chi connectivity index (χ1v) is 4.84. The van der Waals surface area contributed by atoms with E-state index in [9.17, 15) is 4.79 Å². The van der Waals surface area contributed by atoms with E-state index in [2.05, 4.69) is 12.6 Å². The first kappa shape index (κ1) is 14.1. The highest BCUT2D eigenvalue weighted by Gasteiger charge is 2.10. The van der Waals surface area contributed by atoms with E-state index in [1.165, 1.54) is 0 Å². The lowest BCUT2D eigenvalue weighted by Gasteiger charge is -2.14. The van der Waals surface area contributed by atoms with Crippen LogP contribution in [0.5, 0.6) is 0 Å². The Morgan fingerprint density at radius 1 is 1.67 bits per heavy atom. The van der Waals surface area contributed by atoms with Gasteiger partial charge in [0.1, 0.15) is 0 Å². The first-order chi connectivity index (χ1) is 6.97. The van der Waals surface area contributed by atoms with Gasteiger partial charge in [0.15, 0.2) is 0 Å². The predicted octanol–water partition coefficient (Wildman–Crippen LogP) is 1.03. The number of hydrogen-bond acceptors (Lipinski definition) is 4. The van der Waals surface area contributed by atoms with Gasteiger partial charge in [0.25, 0.3) is 0 Å². The largest absolute Gasteiger partial charge is 0.375 e. The highest BCUT2D eigenvalue weighted by molar-refractivity contribution is 6.67. The second-order valence-electron chi connectivity index (χ2n) is 3.48. The van der Waals surface area contributed by atoms with Gasteiger partial charge in [-0.2, -0.15) is 5.26 Å². The predicted molar refractivity (Wildman–Crippen MR) is 58.5 cm³/mol. The molecule has 0 saturated heterocycles. The van der Waals surface area contributed by atoms with Gasteiger partial charge in [-0.1, -0.05) is 6.58 Å². The Bertz CT molecular complexity index is 271. The Morgan fingerprint density at radius 3 is 2.67 bits per heavy atom. The van der Waals surface area contributed by atoms with Crippen LogP contribution in [0.4, 0.5) is 0 Å². The summed E-state index contributed by atoms with van der Waals surface area (Å²) in [5.41, 5.74) is 0.207. The third-order valence-corrected chi connectivity index (χ3v) is 1.91. The summed E-state index contributed by atoms with van der Waals surface area (Å²) in [6.45, 7) is 4.41. The molecule has 0 radical (unpaired) electrons. The molecular weight excluding hydrogens is 216 g/mol. The quantitative estimate of drug-likeness (QED) is 0.484. The zero-order chi connectivity index (χ0) is 11.8. The SMILES string of the molecule is C=C(COCC(C#N)CN(C)C)C(=O)Cl. The molecule has 0 aliphatic carbocycles. The molecule has 84 valence electrons. The van der Waals surface area contributed by atoms with Crippen molar-refractivity contribution in [3.8, 4) is 6.07 Å². The van der Waals surface area contributed by atoms with Gasteiger partial charge >= 0.3 is 0 Å². The number of carbonyl (C=O) groups excluding carboxylic acids is 1. The average Bonchev–Trinajstić information content (AvgIpc) is 2.15. The lowest BCUT2D eigenvalue weighted by atomic mass is 10.2.